The molecule has 8 heteroatoms. The summed E-state index contributed by atoms with van der Waals surface area (Å²) in [7, 11) is 0. The van der Waals surface area contributed by atoms with Crippen molar-refractivity contribution in [2.45, 2.75) is 75.4 Å². The van der Waals surface area contributed by atoms with Crippen LogP contribution >= 0.6 is 23.5 Å². The van der Waals surface area contributed by atoms with E-state index in [1.807, 2.05) is 23.5 Å². The van der Waals surface area contributed by atoms with Crippen molar-refractivity contribution in [1.29, 1.82) is 0 Å². The van der Waals surface area contributed by atoms with Crippen LogP contribution in [0.25, 0.3) is 0 Å². The molecule has 0 saturated carbocycles. The Labute approximate surface area is 164 Å². The first-order chi connectivity index (χ1) is 12.2. The number of aliphatic carboxylic acids is 1. The van der Waals surface area contributed by atoms with Gasteiger partial charge in [-0.15, -0.1) is 0 Å². The summed E-state index contributed by atoms with van der Waals surface area (Å²) in [5.74, 6) is 2.00. The number of thioether (sulfide) groups is 2. The van der Waals surface area contributed by atoms with Gasteiger partial charge in [-0.05, 0) is 70.1 Å². The van der Waals surface area contributed by atoms with E-state index in [2.05, 4.69) is 5.32 Å². The van der Waals surface area contributed by atoms with Gasteiger partial charge in [0.15, 0.2) is 0 Å². The molecule has 2 fully saturated rings. The minimum absolute atomic E-state index is 0.0438. The number of hydrogen-bond acceptors (Lipinski definition) is 6. The van der Waals surface area contributed by atoms with E-state index in [-0.39, 0.29) is 5.60 Å². The van der Waals surface area contributed by atoms with Crippen LogP contribution in [-0.4, -0.2) is 63.5 Å². The average molecular weight is 406 g/mol. The van der Waals surface area contributed by atoms with Crippen LogP contribution in [0.2, 0.25) is 0 Å². The molecule has 150 valence electrons. The minimum Gasteiger partial charge on any atom is -0.480 e. The molecule has 0 aliphatic carbocycles. The Hall–Kier alpha value is -0.600. The van der Waals surface area contributed by atoms with Gasteiger partial charge in [0, 0.05) is 11.9 Å². The first-order valence-corrected chi connectivity index (χ1v) is 11.5. The van der Waals surface area contributed by atoms with Crippen molar-refractivity contribution in [2.75, 3.05) is 23.9 Å². The third kappa shape index (κ3) is 7.19. The number of carboxylic acids is 1. The SMILES string of the molecule is CC(C)(C)OC(=O)NC(CCSC1CCOC2(CCSCC2)C1)C(=O)O. The molecule has 0 aromatic rings. The van der Waals surface area contributed by atoms with E-state index in [0.29, 0.717) is 17.4 Å². The maximum Gasteiger partial charge on any atom is 0.408 e. The van der Waals surface area contributed by atoms with Gasteiger partial charge in [0.25, 0.3) is 0 Å². The number of alkyl carbamates (subject to hydrolysis) is 1. The highest BCUT2D eigenvalue weighted by Gasteiger charge is 2.38. The third-order valence-corrected chi connectivity index (χ3v) is 6.93. The van der Waals surface area contributed by atoms with Crippen molar-refractivity contribution >= 4 is 35.6 Å². The third-order valence-electron chi connectivity index (χ3n) is 4.60. The Balaban J connectivity index is 1.76. The first kappa shape index (κ1) is 21.7. The van der Waals surface area contributed by atoms with Crippen molar-refractivity contribution in [2.24, 2.45) is 0 Å². The zero-order valence-corrected chi connectivity index (χ0v) is 17.5. The van der Waals surface area contributed by atoms with Gasteiger partial charge >= 0.3 is 12.1 Å². The van der Waals surface area contributed by atoms with E-state index < -0.39 is 23.7 Å². The number of nitrogens with one attached hydrogen (secondary N) is 1. The van der Waals surface area contributed by atoms with Gasteiger partial charge in [0.1, 0.15) is 11.6 Å². The molecular weight excluding hydrogens is 374 g/mol. The first-order valence-electron chi connectivity index (χ1n) is 9.25. The molecule has 0 aromatic carbocycles. The molecule has 2 saturated heterocycles. The van der Waals surface area contributed by atoms with E-state index in [1.165, 1.54) is 0 Å². The van der Waals surface area contributed by atoms with Gasteiger partial charge in [0.2, 0.25) is 0 Å². The predicted octanol–water partition coefficient (Wildman–Crippen LogP) is 3.53. The summed E-state index contributed by atoms with van der Waals surface area (Å²) in [5, 5.41) is 12.3. The number of amides is 1. The van der Waals surface area contributed by atoms with Crippen molar-refractivity contribution in [3.8, 4) is 0 Å². The summed E-state index contributed by atoms with van der Waals surface area (Å²) < 4.78 is 11.3. The Morgan fingerprint density at radius 2 is 2.08 bits per heavy atom. The van der Waals surface area contributed by atoms with Gasteiger partial charge < -0.3 is 19.9 Å². The second-order valence-corrected chi connectivity index (χ2v) is 10.6. The second-order valence-electron chi connectivity index (χ2n) is 7.96. The lowest BCUT2D eigenvalue weighted by Crippen LogP contribution is -2.44. The van der Waals surface area contributed by atoms with Crippen LogP contribution in [-0.2, 0) is 14.3 Å². The van der Waals surface area contributed by atoms with E-state index in [4.69, 9.17) is 9.47 Å². The van der Waals surface area contributed by atoms with Crippen LogP contribution < -0.4 is 5.32 Å². The quantitative estimate of drug-likeness (QED) is 0.699. The molecule has 6 nitrogen and oxygen atoms in total. The zero-order chi connectivity index (χ0) is 19.2. The smallest absolute Gasteiger partial charge is 0.408 e. The summed E-state index contributed by atoms with van der Waals surface area (Å²) >= 11 is 3.80. The van der Waals surface area contributed by atoms with Crippen molar-refractivity contribution in [3.63, 3.8) is 0 Å². The molecule has 0 aromatic heterocycles. The second kappa shape index (κ2) is 9.55. The molecule has 2 unspecified atom stereocenters. The van der Waals surface area contributed by atoms with Gasteiger partial charge in [-0.1, -0.05) is 0 Å². The highest BCUT2D eigenvalue weighted by Crippen LogP contribution is 2.41. The lowest BCUT2D eigenvalue weighted by atomic mass is 9.88. The molecule has 0 radical (unpaired) electrons. The largest absolute Gasteiger partial charge is 0.480 e. The van der Waals surface area contributed by atoms with Crippen LogP contribution in [0.15, 0.2) is 0 Å². The van der Waals surface area contributed by atoms with E-state index >= 15 is 0 Å². The van der Waals surface area contributed by atoms with Crippen molar-refractivity contribution in [1.82, 2.24) is 5.32 Å². The molecular formula is C18H31NO5S2. The Bertz CT molecular complexity index is 483. The number of carbonyl (C=O) groups excluding carboxylic acids is 1. The van der Waals surface area contributed by atoms with Gasteiger partial charge in [-0.25, -0.2) is 9.59 Å². The number of carbonyl (C=O) groups is 2. The minimum atomic E-state index is -1.02. The lowest BCUT2D eigenvalue weighted by Gasteiger charge is -2.43. The lowest BCUT2D eigenvalue weighted by molar-refractivity contribution is -0.139. The van der Waals surface area contributed by atoms with E-state index in [0.717, 1.165) is 43.8 Å². The summed E-state index contributed by atoms with van der Waals surface area (Å²) in [5.41, 5.74) is -0.598. The van der Waals surface area contributed by atoms with E-state index in [1.54, 1.807) is 20.8 Å². The summed E-state index contributed by atoms with van der Waals surface area (Å²) in [6.07, 6.45) is 4.00. The summed E-state index contributed by atoms with van der Waals surface area (Å²) in [4.78, 5) is 23.2. The fraction of sp³-hybridized carbons (Fsp3) is 0.889. The monoisotopic (exact) mass is 405 g/mol. The van der Waals surface area contributed by atoms with Crippen molar-refractivity contribution < 1.29 is 24.2 Å². The number of hydrogen-bond donors (Lipinski definition) is 2. The number of rotatable bonds is 6. The fourth-order valence-corrected chi connectivity index (χ4v) is 5.90. The molecule has 2 heterocycles. The summed E-state index contributed by atoms with van der Waals surface area (Å²) in [6, 6.07) is -0.919. The molecule has 2 aliphatic heterocycles. The zero-order valence-electron chi connectivity index (χ0n) is 15.9. The Morgan fingerprint density at radius 1 is 1.38 bits per heavy atom. The molecule has 2 N–H and O–H groups in total. The molecule has 0 bridgehead atoms. The molecule has 2 aliphatic rings. The van der Waals surface area contributed by atoms with Crippen LogP contribution in [0, 0.1) is 0 Å². The standard InChI is InChI=1S/C18H31NO5S2/c1-17(2,3)24-16(22)19-14(15(20)21)5-9-26-13-4-8-23-18(12-13)6-10-25-11-7-18/h13-14H,4-12H2,1-3H3,(H,19,22)(H,20,21). The van der Waals surface area contributed by atoms with E-state index in [9.17, 15) is 14.7 Å². The van der Waals surface area contributed by atoms with Crippen LogP contribution in [0.5, 0.6) is 0 Å². The average Bonchev–Trinajstić information content (AvgIpc) is 2.53. The molecule has 1 amide bonds. The fourth-order valence-electron chi connectivity index (χ4n) is 3.28. The van der Waals surface area contributed by atoms with Gasteiger partial charge in [-0.3, -0.25) is 0 Å². The highest BCUT2D eigenvalue weighted by molar-refractivity contribution is 8.00. The van der Waals surface area contributed by atoms with Gasteiger partial charge in [-0.2, -0.15) is 23.5 Å². The predicted molar refractivity (Wildman–Crippen MR) is 106 cm³/mol. The highest BCUT2D eigenvalue weighted by atomic mass is 32.2. The number of ether oxygens (including phenoxy) is 2. The van der Waals surface area contributed by atoms with Crippen LogP contribution in [0.3, 0.4) is 0 Å². The molecule has 1 spiro atoms. The van der Waals surface area contributed by atoms with Gasteiger partial charge in [0.05, 0.1) is 5.60 Å². The topological polar surface area (TPSA) is 84.9 Å². The maximum atomic E-state index is 11.8. The number of carboxylic acid groups (broad SMARTS) is 1. The van der Waals surface area contributed by atoms with Crippen molar-refractivity contribution in [3.05, 3.63) is 0 Å². The Kier molecular flexibility index (Phi) is 7.97. The summed E-state index contributed by atoms with van der Waals surface area (Å²) in [6.45, 7) is 6.05. The molecule has 26 heavy (non-hydrogen) atoms. The Morgan fingerprint density at radius 3 is 2.69 bits per heavy atom. The maximum absolute atomic E-state index is 11.8. The van der Waals surface area contributed by atoms with Crippen LogP contribution in [0.1, 0.15) is 52.9 Å². The van der Waals surface area contributed by atoms with Crippen LogP contribution in [0.4, 0.5) is 4.79 Å². The molecule has 2 atom stereocenters. The molecule has 2 rings (SSSR count). The normalized spacial score (nSPS) is 24.0.